The highest BCUT2D eigenvalue weighted by Gasteiger charge is 2.13. The van der Waals surface area contributed by atoms with E-state index in [1.165, 1.54) is 16.9 Å². The summed E-state index contributed by atoms with van der Waals surface area (Å²) in [7, 11) is 0. The van der Waals surface area contributed by atoms with Gasteiger partial charge in [0.05, 0.1) is 22.3 Å². The third-order valence-corrected chi connectivity index (χ3v) is 5.70. The molecule has 6 nitrogen and oxygen atoms in total. The topological polar surface area (TPSA) is 72.7 Å². The van der Waals surface area contributed by atoms with Gasteiger partial charge in [-0.05, 0) is 42.8 Å². The third-order valence-electron chi connectivity index (χ3n) is 4.74. The highest BCUT2D eigenvalue weighted by molar-refractivity contribution is 7.22. The molecule has 0 saturated carbocycles. The number of anilines is 1. The SMILES string of the molecule is Cc1ccc(Cn2nnc3cc(C(=O)Nc4nc5ccccc5s4)ccc32)cc1. The Bertz CT molecular complexity index is 1300. The van der Waals surface area contributed by atoms with E-state index in [0.717, 1.165) is 21.3 Å². The van der Waals surface area contributed by atoms with Crippen molar-refractivity contribution in [2.24, 2.45) is 0 Å². The van der Waals surface area contributed by atoms with Gasteiger partial charge in [0.25, 0.3) is 5.91 Å². The second kappa shape index (κ2) is 7.10. The summed E-state index contributed by atoms with van der Waals surface area (Å²) in [6.45, 7) is 2.70. The highest BCUT2D eigenvalue weighted by Crippen LogP contribution is 2.26. The van der Waals surface area contributed by atoms with Gasteiger partial charge in [0.2, 0.25) is 0 Å². The predicted molar refractivity (Wildman–Crippen MR) is 115 cm³/mol. The highest BCUT2D eigenvalue weighted by atomic mass is 32.1. The molecule has 2 heterocycles. The van der Waals surface area contributed by atoms with Crippen molar-refractivity contribution >= 4 is 43.6 Å². The molecule has 142 valence electrons. The first-order valence-corrected chi connectivity index (χ1v) is 10.0. The van der Waals surface area contributed by atoms with E-state index in [0.29, 0.717) is 22.8 Å². The minimum Gasteiger partial charge on any atom is -0.298 e. The Balaban J connectivity index is 1.38. The molecule has 29 heavy (non-hydrogen) atoms. The van der Waals surface area contributed by atoms with Gasteiger partial charge in [-0.3, -0.25) is 10.1 Å². The van der Waals surface area contributed by atoms with Gasteiger partial charge in [0.1, 0.15) is 5.52 Å². The average Bonchev–Trinajstić information content (AvgIpc) is 3.32. The van der Waals surface area contributed by atoms with Crippen molar-refractivity contribution in [3.8, 4) is 0 Å². The largest absolute Gasteiger partial charge is 0.298 e. The number of rotatable bonds is 4. The summed E-state index contributed by atoms with van der Waals surface area (Å²) in [6, 6.07) is 21.6. The van der Waals surface area contributed by atoms with Crippen LogP contribution in [0.4, 0.5) is 5.13 Å². The summed E-state index contributed by atoms with van der Waals surface area (Å²) >= 11 is 1.46. The predicted octanol–water partition coefficient (Wildman–Crippen LogP) is 4.65. The van der Waals surface area contributed by atoms with Crippen LogP contribution in [-0.4, -0.2) is 25.9 Å². The maximum Gasteiger partial charge on any atom is 0.257 e. The number of aryl methyl sites for hydroxylation is 1. The molecule has 0 fully saturated rings. The van der Waals surface area contributed by atoms with E-state index in [1.807, 2.05) is 35.0 Å². The lowest BCUT2D eigenvalue weighted by molar-refractivity contribution is 0.102. The first-order valence-electron chi connectivity index (χ1n) is 9.21. The van der Waals surface area contributed by atoms with Crippen molar-refractivity contribution in [2.45, 2.75) is 13.5 Å². The number of nitrogens with one attached hydrogen (secondary N) is 1. The fraction of sp³-hybridized carbons (Fsp3) is 0.0909. The molecular weight excluding hydrogens is 382 g/mol. The zero-order valence-electron chi connectivity index (χ0n) is 15.7. The van der Waals surface area contributed by atoms with Crippen molar-refractivity contribution < 1.29 is 4.79 Å². The Kier molecular flexibility index (Phi) is 4.29. The van der Waals surface area contributed by atoms with E-state index in [2.05, 4.69) is 51.8 Å². The molecule has 0 radical (unpaired) electrons. The van der Waals surface area contributed by atoms with Crippen molar-refractivity contribution in [1.29, 1.82) is 0 Å². The molecule has 0 bridgehead atoms. The number of thiazole rings is 1. The van der Waals surface area contributed by atoms with Gasteiger partial charge in [-0.2, -0.15) is 0 Å². The Morgan fingerprint density at radius 3 is 2.69 bits per heavy atom. The van der Waals surface area contributed by atoms with Crippen molar-refractivity contribution in [2.75, 3.05) is 5.32 Å². The summed E-state index contributed by atoms with van der Waals surface area (Å²) in [5, 5.41) is 11.9. The molecule has 5 rings (SSSR count). The lowest BCUT2D eigenvalue weighted by Crippen LogP contribution is -2.11. The number of para-hydroxylation sites is 1. The standard InChI is InChI=1S/C22H17N5OS/c1-14-6-8-15(9-7-14)13-27-19-11-10-16(12-18(19)25-26-27)21(28)24-22-23-17-4-2-3-5-20(17)29-22/h2-12H,13H2,1H3,(H,23,24,28). The molecule has 7 heteroatoms. The molecule has 0 aliphatic carbocycles. The van der Waals surface area contributed by atoms with E-state index in [-0.39, 0.29) is 5.91 Å². The minimum atomic E-state index is -0.209. The van der Waals surface area contributed by atoms with Gasteiger partial charge in [0, 0.05) is 5.56 Å². The number of aromatic nitrogens is 4. The van der Waals surface area contributed by atoms with Crippen LogP contribution in [0.2, 0.25) is 0 Å². The number of hydrogen-bond donors (Lipinski definition) is 1. The molecule has 1 amide bonds. The number of benzene rings is 3. The van der Waals surface area contributed by atoms with Crippen LogP contribution in [0, 0.1) is 6.92 Å². The summed E-state index contributed by atoms with van der Waals surface area (Å²) in [6.07, 6.45) is 0. The summed E-state index contributed by atoms with van der Waals surface area (Å²) < 4.78 is 2.88. The molecule has 2 aromatic heterocycles. The van der Waals surface area contributed by atoms with E-state index >= 15 is 0 Å². The molecule has 0 spiro atoms. The van der Waals surface area contributed by atoms with Gasteiger partial charge < -0.3 is 0 Å². The minimum absolute atomic E-state index is 0.209. The van der Waals surface area contributed by atoms with Crippen LogP contribution >= 0.6 is 11.3 Å². The van der Waals surface area contributed by atoms with Crippen molar-refractivity contribution in [1.82, 2.24) is 20.0 Å². The van der Waals surface area contributed by atoms with E-state index in [4.69, 9.17) is 0 Å². The first-order chi connectivity index (χ1) is 14.2. The lowest BCUT2D eigenvalue weighted by Gasteiger charge is -2.04. The molecule has 0 atom stereocenters. The van der Waals surface area contributed by atoms with Crippen LogP contribution in [-0.2, 0) is 6.54 Å². The van der Waals surface area contributed by atoms with E-state index in [1.54, 1.807) is 12.1 Å². The van der Waals surface area contributed by atoms with Crippen LogP contribution < -0.4 is 5.32 Å². The van der Waals surface area contributed by atoms with Gasteiger partial charge >= 0.3 is 0 Å². The summed E-state index contributed by atoms with van der Waals surface area (Å²) in [5.41, 5.74) is 5.36. The van der Waals surface area contributed by atoms with Crippen LogP contribution in [0.1, 0.15) is 21.5 Å². The van der Waals surface area contributed by atoms with Gasteiger partial charge in [-0.25, -0.2) is 9.67 Å². The zero-order valence-corrected chi connectivity index (χ0v) is 16.5. The summed E-state index contributed by atoms with van der Waals surface area (Å²) in [4.78, 5) is 17.1. The first kappa shape index (κ1) is 17.5. The smallest absolute Gasteiger partial charge is 0.257 e. The fourth-order valence-electron chi connectivity index (χ4n) is 3.19. The van der Waals surface area contributed by atoms with Gasteiger partial charge in [0.15, 0.2) is 5.13 Å². The molecular formula is C22H17N5OS. The monoisotopic (exact) mass is 399 g/mol. The lowest BCUT2D eigenvalue weighted by atomic mass is 10.1. The normalized spacial score (nSPS) is 11.2. The Labute approximate surface area is 170 Å². The van der Waals surface area contributed by atoms with Crippen LogP contribution in [0.15, 0.2) is 66.7 Å². The molecule has 3 aromatic carbocycles. The van der Waals surface area contributed by atoms with E-state index in [9.17, 15) is 4.79 Å². The molecule has 1 N–H and O–H groups in total. The van der Waals surface area contributed by atoms with Crippen LogP contribution in [0.3, 0.4) is 0 Å². The average molecular weight is 399 g/mol. The molecule has 0 aliphatic rings. The number of fused-ring (bicyclic) bond motifs is 2. The number of nitrogens with zero attached hydrogens (tertiary/aromatic N) is 4. The number of amides is 1. The summed E-state index contributed by atoms with van der Waals surface area (Å²) in [5.74, 6) is -0.209. The van der Waals surface area contributed by atoms with Crippen molar-refractivity contribution in [3.63, 3.8) is 0 Å². The quantitative estimate of drug-likeness (QED) is 0.477. The van der Waals surface area contributed by atoms with Crippen LogP contribution in [0.25, 0.3) is 21.3 Å². The Morgan fingerprint density at radius 2 is 1.86 bits per heavy atom. The zero-order chi connectivity index (χ0) is 19.8. The number of hydrogen-bond acceptors (Lipinski definition) is 5. The second-order valence-corrected chi connectivity index (χ2v) is 7.91. The fourth-order valence-corrected chi connectivity index (χ4v) is 4.05. The molecule has 5 aromatic rings. The maximum atomic E-state index is 12.7. The molecule has 0 aliphatic heterocycles. The number of carbonyl (C=O) groups is 1. The Morgan fingerprint density at radius 1 is 1.03 bits per heavy atom. The van der Waals surface area contributed by atoms with Gasteiger partial charge in [-0.15, -0.1) is 5.10 Å². The van der Waals surface area contributed by atoms with Gasteiger partial charge in [-0.1, -0.05) is 58.5 Å². The van der Waals surface area contributed by atoms with E-state index < -0.39 is 0 Å². The third kappa shape index (κ3) is 3.48. The maximum absolute atomic E-state index is 12.7. The molecule has 0 saturated heterocycles. The molecule has 0 unspecified atom stereocenters. The number of carbonyl (C=O) groups excluding carboxylic acids is 1. The second-order valence-electron chi connectivity index (χ2n) is 6.88. The Hall–Kier alpha value is -3.58. The van der Waals surface area contributed by atoms with Crippen molar-refractivity contribution in [3.05, 3.63) is 83.4 Å². The van der Waals surface area contributed by atoms with Crippen LogP contribution in [0.5, 0.6) is 0 Å².